The Labute approximate surface area is 93.7 Å². The van der Waals surface area contributed by atoms with Crippen LogP contribution in [0.3, 0.4) is 0 Å². The van der Waals surface area contributed by atoms with Crippen molar-refractivity contribution in [3.63, 3.8) is 0 Å². The van der Waals surface area contributed by atoms with Crippen molar-refractivity contribution in [3.8, 4) is 0 Å². The summed E-state index contributed by atoms with van der Waals surface area (Å²) in [6, 6.07) is 0. The van der Waals surface area contributed by atoms with Gasteiger partial charge in [-0.15, -0.1) is 0 Å². The highest BCUT2D eigenvalue weighted by molar-refractivity contribution is 4.85. The third kappa shape index (κ3) is 2.73. The first-order valence-electron chi connectivity index (χ1n) is 6.57. The lowest BCUT2D eigenvalue weighted by atomic mass is 9.73. The molecule has 0 aromatic heterocycles. The second-order valence-electron chi connectivity index (χ2n) is 5.79. The minimum atomic E-state index is -0.0515. The molecule has 0 amide bonds. The molecule has 0 radical (unpaired) electrons. The van der Waals surface area contributed by atoms with Crippen LogP contribution in [0.15, 0.2) is 0 Å². The summed E-state index contributed by atoms with van der Waals surface area (Å²) in [4.78, 5) is 2.54. The summed E-state index contributed by atoms with van der Waals surface area (Å²) in [5, 5.41) is 10.1. The maximum Gasteiger partial charge on any atom is 0.0585 e. The molecule has 1 saturated heterocycles. The summed E-state index contributed by atoms with van der Waals surface area (Å²) in [7, 11) is 0. The quantitative estimate of drug-likeness (QED) is 0.756. The topological polar surface area (TPSA) is 23.5 Å². The Bertz CT molecular complexity index is 189. The van der Waals surface area contributed by atoms with Gasteiger partial charge in [-0.3, -0.25) is 0 Å². The number of likely N-dealkylation sites (tertiary alicyclic amines) is 1. The molecule has 0 bridgehead atoms. The molecule has 0 spiro atoms. The third-order valence-electron chi connectivity index (χ3n) is 4.31. The molecule has 0 aromatic carbocycles. The van der Waals surface area contributed by atoms with E-state index in [9.17, 15) is 5.11 Å². The molecule has 1 heterocycles. The molecule has 15 heavy (non-hydrogen) atoms. The van der Waals surface area contributed by atoms with Crippen molar-refractivity contribution in [1.82, 2.24) is 4.90 Å². The lowest BCUT2D eigenvalue weighted by molar-refractivity contribution is 0.00131. The van der Waals surface area contributed by atoms with Gasteiger partial charge in [-0.25, -0.2) is 0 Å². The number of hydrogen-bond donors (Lipinski definition) is 1. The van der Waals surface area contributed by atoms with Crippen LogP contribution in [0.4, 0.5) is 0 Å². The van der Waals surface area contributed by atoms with Crippen molar-refractivity contribution in [3.05, 3.63) is 0 Å². The Hall–Kier alpha value is -0.0800. The van der Waals surface area contributed by atoms with Gasteiger partial charge in [0.2, 0.25) is 0 Å². The van der Waals surface area contributed by atoms with Crippen LogP contribution < -0.4 is 0 Å². The van der Waals surface area contributed by atoms with Gasteiger partial charge in [0.05, 0.1) is 6.10 Å². The van der Waals surface area contributed by atoms with Crippen molar-refractivity contribution < 1.29 is 5.11 Å². The first-order valence-corrected chi connectivity index (χ1v) is 6.57. The fourth-order valence-electron chi connectivity index (χ4n) is 3.44. The molecule has 1 N–H and O–H groups in total. The van der Waals surface area contributed by atoms with Crippen LogP contribution in [-0.4, -0.2) is 35.7 Å². The summed E-state index contributed by atoms with van der Waals surface area (Å²) in [5.41, 5.74) is 0. The van der Waals surface area contributed by atoms with E-state index >= 15 is 0 Å². The van der Waals surface area contributed by atoms with E-state index in [0.29, 0.717) is 17.8 Å². The minimum Gasteiger partial charge on any atom is -0.393 e. The Balaban J connectivity index is 1.88. The molecule has 2 aliphatic rings. The Kier molecular flexibility index (Phi) is 3.68. The normalized spacial score (nSPS) is 43.4. The standard InChI is InChI=1S/C13H25NO/c1-10-7-11(2)12(13(15)8-10)9-14-5-3-4-6-14/h10-13,15H,3-9H2,1-2H3. The summed E-state index contributed by atoms with van der Waals surface area (Å²) in [5.74, 6) is 1.94. The van der Waals surface area contributed by atoms with E-state index in [4.69, 9.17) is 0 Å². The monoisotopic (exact) mass is 211 g/mol. The predicted octanol–water partition coefficient (Wildman–Crippen LogP) is 2.13. The Morgan fingerprint density at radius 3 is 2.40 bits per heavy atom. The zero-order valence-corrected chi connectivity index (χ0v) is 10.2. The molecular formula is C13H25NO. The van der Waals surface area contributed by atoms with Gasteiger partial charge in [-0.2, -0.15) is 0 Å². The zero-order chi connectivity index (χ0) is 10.8. The van der Waals surface area contributed by atoms with Gasteiger partial charge in [0.1, 0.15) is 0 Å². The van der Waals surface area contributed by atoms with Gasteiger partial charge in [0.25, 0.3) is 0 Å². The lowest BCUT2D eigenvalue weighted by Gasteiger charge is -2.38. The SMILES string of the molecule is CC1CC(C)C(CN2CCCC2)C(O)C1. The maximum atomic E-state index is 10.1. The summed E-state index contributed by atoms with van der Waals surface area (Å²) in [6.45, 7) is 8.23. The lowest BCUT2D eigenvalue weighted by Crippen LogP contribution is -2.41. The molecule has 4 unspecified atom stereocenters. The highest BCUT2D eigenvalue weighted by Crippen LogP contribution is 2.34. The van der Waals surface area contributed by atoms with E-state index < -0.39 is 0 Å². The van der Waals surface area contributed by atoms with Crippen molar-refractivity contribution >= 4 is 0 Å². The van der Waals surface area contributed by atoms with Crippen LogP contribution in [0.25, 0.3) is 0 Å². The first-order chi connectivity index (χ1) is 7.16. The van der Waals surface area contributed by atoms with Crippen LogP contribution in [-0.2, 0) is 0 Å². The molecular weight excluding hydrogens is 186 g/mol. The average Bonchev–Trinajstić information content (AvgIpc) is 2.63. The summed E-state index contributed by atoms with van der Waals surface area (Å²) in [6.07, 6.45) is 4.98. The van der Waals surface area contributed by atoms with Gasteiger partial charge in [0, 0.05) is 12.5 Å². The van der Waals surface area contributed by atoms with Gasteiger partial charge >= 0.3 is 0 Å². The minimum absolute atomic E-state index is 0.0515. The van der Waals surface area contributed by atoms with Gasteiger partial charge in [-0.1, -0.05) is 13.8 Å². The van der Waals surface area contributed by atoms with E-state index in [1.165, 1.54) is 32.4 Å². The summed E-state index contributed by atoms with van der Waals surface area (Å²) < 4.78 is 0. The average molecular weight is 211 g/mol. The highest BCUT2D eigenvalue weighted by atomic mass is 16.3. The zero-order valence-electron chi connectivity index (χ0n) is 10.2. The Morgan fingerprint density at radius 2 is 1.80 bits per heavy atom. The predicted molar refractivity (Wildman–Crippen MR) is 62.7 cm³/mol. The third-order valence-corrected chi connectivity index (χ3v) is 4.31. The second-order valence-corrected chi connectivity index (χ2v) is 5.79. The van der Waals surface area contributed by atoms with Crippen molar-refractivity contribution in [2.24, 2.45) is 17.8 Å². The highest BCUT2D eigenvalue weighted by Gasteiger charge is 2.34. The number of hydrogen-bond acceptors (Lipinski definition) is 2. The van der Waals surface area contributed by atoms with Gasteiger partial charge in [0.15, 0.2) is 0 Å². The molecule has 1 aliphatic heterocycles. The summed E-state index contributed by atoms with van der Waals surface area (Å²) >= 11 is 0. The molecule has 2 fully saturated rings. The maximum absolute atomic E-state index is 10.1. The smallest absolute Gasteiger partial charge is 0.0585 e. The number of rotatable bonds is 2. The van der Waals surface area contributed by atoms with E-state index in [1.807, 2.05) is 0 Å². The van der Waals surface area contributed by atoms with Gasteiger partial charge < -0.3 is 10.0 Å². The van der Waals surface area contributed by atoms with E-state index in [-0.39, 0.29) is 6.10 Å². The number of aliphatic hydroxyl groups excluding tert-OH is 1. The van der Waals surface area contributed by atoms with Crippen LogP contribution in [0, 0.1) is 17.8 Å². The largest absolute Gasteiger partial charge is 0.393 e. The van der Waals surface area contributed by atoms with E-state index in [2.05, 4.69) is 18.7 Å². The van der Waals surface area contributed by atoms with Crippen LogP contribution in [0.1, 0.15) is 39.5 Å². The number of aliphatic hydroxyl groups is 1. The van der Waals surface area contributed by atoms with Crippen LogP contribution in [0.5, 0.6) is 0 Å². The van der Waals surface area contributed by atoms with Gasteiger partial charge in [-0.05, 0) is 50.6 Å². The molecule has 4 atom stereocenters. The molecule has 2 rings (SSSR count). The number of nitrogens with zero attached hydrogens (tertiary/aromatic N) is 1. The molecule has 2 heteroatoms. The van der Waals surface area contributed by atoms with Crippen molar-refractivity contribution in [1.29, 1.82) is 0 Å². The van der Waals surface area contributed by atoms with Crippen LogP contribution in [0.2, 0.25) is 0 Å². The van der Waals surface area contributed by atoms with Crippen molar-refractivity contribution in [2.45, 2.75) is 45.6 Å². The fourth-order valence-corrected chi connectivity index (χ4v) is 3.44. The first kappa shape index (κ1) is 11.4. The van der Waals surface area contributed by atoms with Crippen LogP contribution >= 0.6 is 0 Å². The molecule has 88 valence electrons. The second kappa shape index (κ2) is 4.84. The van der Waals surface area contributed by atoms with E-state index in [1.54, 1.807) is 0 Å². The van der Waals surface area contributed by atoms with E-state index in [0.717, 1.165) is 13.0 Å². The fraction of sp³-hybridized carbons (Fsp3) is 1.00. The molecule has 2 nitrogen and oxygen atoms in total. The molecule has 0 aromatic rings. The van der Waals surface area contributed by atoms with Crippen molar-refractivity contribution in [2.75, 3.05) is 19.6 Å². The molecule has 1 saturated carbocycles. The molecule has 1 aliphatic carbocycles. The Morgan fingerprint density at radius 1 is 1.13 bits per heavy atom.